The monoisotopic (exact) mass is 398 g/mol. The number of carboxylic acids is 1. The van der Waals surface area contributed by atoms with Crippen LogP contribution in [0.25, 0.3) is 22.3 Å². The number of halogens is 1. The van der Waals surface area contributed by atoms with Crippen molar-refractivity contribution in [1.29, 1.82) is 0 Å². The molecular weight excluding hydrogens is 380 g/mol. The Balaban J connectivity index is 1.86. The van der Waals surface area contributed by atoms with E-state index in [1.54, 1.807) is 30.3 Å². The van der Waals surface area contributed by atoms with Crippen LogP contribution in [0.15, 0.2) is 47.3 Å². The van der Waals surface area contributed by atoms with Gasteiger partial charge in [-0.2, -0.15) is 0 Å². The van der Waals surface area contributed by atoms with Crippen LogP contribution >= 0.6 is 11.6 Å². The van der Waals surface area contributed by atoms with Gasteiger partial charge in [-0.3, -0.25) is 14.2 Å². The van der Waals surface area contributed by atoms with Gasteiger partial charge < -0.3 is 10.2 Å². The summed E-state index contributed by atoms with van der Waals surface area (Å²) in [6.45, 7) is -0.302. The van der Waals surface area contributed by atoms with Crippen molar-refractivity contribution < 1.29 is 15.0 Å². The molecule has 4 rings (SSSR count). The highest BCUT2D eigenvalue weighted by atomic mass is 35.5. The van der Waals surface area contributed by atoms with Crippen molar-refractivity contribution in [2.75, 3.05) is 6.61 Å². The summed E-state index contributed by atoms with van der Waals surface area (Å²) in [6.07, 6.45) is 1.78. The van der Waals surface area contributed by atoms with Crippen LogP contribution < -0.4 is 5.56 Å². The molecule has 3 aromatic rings. The number of nitrogens with zero attached hydrogens (tertiary/aromatic N) is 2. The first-order valence-electron chi connectivity index (χ1n) is 9.09. The van der Waals surface area contributed by atoms with Crippen molar-refractivity contribution in [1.82, 2.24) is 9.55 Å². The summed E-state index contributed by atoms with van der Waals surface area (Å²) in [4.78, 5) is 29.1. The Hall–Kier alpha value is -2.70. The fourth-order valence-electron chi connectivity index (χ4n) is 3.78. The zero-order valence-corrected chi connectivity index (χ0v) is 15.8. The van der Waals surface area contributed by atoms with Crippen LogP contribution in [0.2, 0.25) is 5.02 Å². The molecule has 0 unspecified atom stereocenters. The molecule has 0 bridgehead atoms. The molecule has 2 aromatic carbocycles. The van der Waals surface area contributed by atoms with Crippen LogP contribution in [0.4, 0.5) is 0 Å². The maximum Gasteiger partial charge on any atom is 0.323 e. The summed E-state index contributed by atoms with van der Waals surface area (Å²) in [5, 5.41) is 19.4. The topological polar surface area (TPSA) is 92.4 Å². The summed E-state index contributed by atoms with van der Waals surface area (Å²) in [5.41, 5.74) is 1.74. The van der Waals surface area contributed by atoms with Crippen LogP contribution in [-0.4, -0.2) is 32.3 Å². The van der Waals surface area contributed by atoms with Crippen molar-refractivity contribution in [3.8, 4) is 11.4 Å². The number of rotatable bonds is 5. The zero-order valence-electron chi connectivity index (χ0n) is 15.0. The number of fused-ring (bicyclic) bond motifs is 1. The summed E-state index contributed by atoms with van der Waals surface area (Å²) in [7, 11) is 0. The second-order valence-electron chi connectivity index (χ2n) is 7.22. The van der Waals surface area contributed by atoms with Gasteiger partial charge in [-0.05, 0) is 54.5 Å². The van der Waals surface area contributed by atoms with E-state index < -0.39 is 12.5 Å². The highest BCUT2D eigenvalue weighted by Crippen LogP contribution is 2.41. The van der Waals surface area contributed by atoms with Crippen LogP contribution in [0, 0.1) is 5.92 Å². The molecule has 0 aliphatic heterocycles. The molecule has 0 atom stereocenters. The minimum Gasteiger partial charge on any atom is -0.480 e. The fraction of sp³-hybridized carbons (Fsp3) is 0.286. The minimum absolute atomic E-state index is 0.181. The van der Waals surface area contributed by atoms with E-state index in [-0.39, 0.29) is 18.0 Å². The van der Waals surface area contributed by atoms with Gasteiger partial charge >= 0.3 is 5.97 Å². The van der Waals surface area contributed by atoms with Crippen LogP contribution in [0.5, 0.6) is 0 Å². The van der Waals surface area contributed by atoms with E-state index in [2.05, 4.69) is 4.98 Å². The van der Waals surface area contributed by atoms with Crippen molar-refractivity contribution in [2.45, 2.75) is 25.3 Å². The molecule has 1 aliphatic rings. The first kappa shape index (κ1) is 18.7. The number of aliphatic hydroxyl groups is 1. The van der Waals surface area contributed by atoms with Crippen LogP contribution in [-0.2, 0) is 11.3 Å². The molecular formula is C21H19ClN2O4. The second kappa shape index (κ2) is 7.37. The molecule has 1 saturated carbocycles. The van der Waals surface area contributed by atoms with E-state index in [0.29, 0.717) is 33.3 Å². The minimum atomic E-state index is -1.12. The molecule has 6 nitrogen and oxygen atoms in total. The molecule has 1 aromatic heterocycles. The molecule has 1 fully saturated rings. The predicted molar refractivity (Wildman–Crippen MR) is 107 cm³/mol. The Labute approximate surface area is 166 Å². The number of aliphatic hydroxyl groups excluding tert-OH is 1. The zero-order chi connectivity index (χ0) is 19.8. The third-order valence-corrected chi connectivity index (χ3v) is 5.55. The highest BCUT2D eigenvalue weighted by molar-refractivity contribution is 6.30. The fourth-order valence-corrected chi connectivity index (χ4v) is 3.97. The second-order valence-corrected chi connectivity index (χ2v) is 7.66. The Morgan fingerprint density at radius 2 is 2.00 bits per heavy atom. The van der Waals surface area contributed by atoms with Crippen molar-refractivity contribution in [3.05, 3.63) is 63.4 Å². The Morgan fingerprint density at radius 3 is 2.68 bits per heavy atom. The molecule has 0 radical (unpaired) electrons. The molecule has 1 aliphatic carbocycles. The van der Waals surface area contributed by atoms with E-state index in [9.17, 15) is 19.8 Å². The summed E-state index contributed by atoms with van der Waals surface area (Å²) in [6, 6.07) is 12.4. The summed E-state index contributed by atoms with van der Waals surface area (Å²) in [5.74, 6) is -0.222. The number of benzene rings is 2. The highest BCUT2D eigenvalue weighted by Gasteiger charge is 2.30. The van der Waals surface area contributed by atoms with Gasteiger partial charge in [0.05, 0.1) is 10.9 Å². The van der Waals surface area contributed by atoms with E-state index in [0.717, 1.165) is 18.4 Å². The van der Waals surface area contributed by atoms with Gasteiger partial charge in [0.25, 0.3) is 5.56 Å². The van der Waals surface area contributed by atoms with E-state index in [1.165, 1.54) is 4.57 Å². The summed E-state index contributed by atoms with van der Waals surface area (Å²) >= 11 is 6.06. The number of carboxylic acid groups (broad SMARTS) is 1. The molecule has 0 amide bonds. The SMILES string of the molecule is O=C(O)Cn1c(-c2cccc(Cl)c2)nc2ccc(C3CC(CO)C3)cc2c1=O. The lowest BCUT2D eigenvalue weighted by molar-refractivity contribution is -0.137. The van der Waals surface area contributed by atoms with E-state index in [1.807, 2.05) is 12.1 Å². The number of hydrogen-bond acceptors (Lipinski definition) is 4. The number of hydrogen-bond donors (Lipinski definition) is 2. The number of aliphatic carboxylic acids is 1. The van der Waals surface area contributed by atoms with Crippen LogP contribution in [0.1, 0.15) is 24.3 Å². The third-order valence-electron chi connectivity index (χ3n) is 5.32. The standard InChI is InChI=1S/C21H19ClN2O4/c22-16-3-1-2-14(8-16)20-23-18-5-4-13(15-6-12(7-15)11-25)9-17(18)21(28)24(20)10-19(26)27/h1-5,8-9,12,15,25H,6-7,10-11H2,(H,26,27). The summed E-state index contributed by atoms with van der Waals surface area (Å²) < 4.78 is 1.18. The van der Waals surface area contributed by atoms with Gasteiger partial charge in [0.15, 0.2) is 0 Å². The lowest BCUT2D eigenvalue weighted by Crippen LogP contribution is -2.28. The van der Waals surface area contributed by atoms with E-state index >= 15 is 0 Å². The largest absolute Gasteiger partial charge is 0.480 e. The quantitative estimate of drug-likeness (QED) is 0.688. The lowest BCUT2D eigenvalue weighted by Gasteiger charge is -2.34. The average Bonchev–Trinajstić information content (AvgIpc) is 2.63. The van der Waals surface area contributed by atoms with Crippen LogP contribution in [0.3, 0.4) is 0 Å². The normalized spacial score (nSPS) is 18.8. The molecule has 144 valence electrons. The molecule has 0 saturated heterocycles. The van der Waals surface area contributed by atoms with Crippen molar-refractivity contribution in [3.63, 3.8) is 0 Å². The van der Waals surface area contributed by atoms with Gasteiger partial charge in [-0.15, -0.1) is 0 Å². The van der Waals surface area contributed by atoms with Crippen molar-refractivity contribution >= 4 is 28.5 Å². The number of carbonyl (C=O) groups is 1. The maximum absolute atomic E-state index is 13.1. The predicted octanol–water partition coefficient (Wildman–Crippen LogP) is 3.29. The Morgan fingerprint density at radius 1 is 1.21 bits per heavy atom. The van der Waals surface area contributed by atoms with Crippen molar-refractivity contribution in [2.24, 2.45) is 5.92 Å². The average molecular weight is 399 g/mol. The molecule has 0 spiro atoms. The van der Waals surface area contributed by atoms with Gasteiger partial charge in [0, 0.05) is 17.2 Å². The van der Waals surface area contributed by atoms with Gasteiger partial charge in [-0.25, -0.2) is 4.98 Å². The Kier molecular flexibility index (Phi) is 4.91. The van der Waals surface area contributed by atoms with E-state index in [4.69, 9.17) is 11.6 Å². The smallest absolute Gasteiger partial charge is 0.323 e. The lowest BCUT2D eigenvalue weighted by atomic mass is 9.72. The number of aromatic nitrogens is 2. The first-order chi connectivity index (χ1) is 13.5. The first-order valence-corrected chi connectivity index (χ1v) is 9.47. The molecule has 1 heterocycles. The molecule has 7 heteroatoms. The maximum atomic E-state index is 13.1. The third kappa shape index (κ3) is 3.41. The van der Waals surface area contributed by atoms with Gasteiger partial charge in [-0.1, -0.05) is 29.8 Å². The Bertz CT molecular complexity index is 1120. The molecule has 2 N–H and O–H groups in total. The molecule has 28 heavy (non-hydrogen) atoms. The van der Waals surface area contributed by atoms with Gasteiger partial charge in [0.2, 0.25) is 0 Å². The van der Waals surface area contributed by atoms with Gasteiger partial charge in [0.1, 0.15) is 12.4 Å².